The average Bonchev–Trinajstić information content (AvgIpc) is 2.64. The summed E-state index contributed by atoms with van der Waals surface area (Å²) >= 11 is 0. The third-order valence-electron chi connectivity index (χ3n) is 4.72. The molecular weight excluding hydrogens is 357 g/mol. The van der Waals surface area contributed by atoms with Crippen molar-refractivity contribution in [1.29, 1.82) is 0 Å². The number of aromatic carboxylic acids is 1. The predicted molar refractivity (Wildman–Crippen MR) is 96.4 cm³/mol. The van der Waals surface area contributed by atoms with Crippen molar-refractivity contribution in [3.8, 4) is 0 Å². The Labute approximate surface area is 151 Å². The Morgan fingerprint density at radius 1 is 1.04 bits per heavy atom. The zero-order chi connectivity index (χ0) is 18.7. The number of halogens is 1. The van der Waals surface area contributed by atoms with Crippen molar-refractivity contribution in [3.63, 3.8) is 0 Å². The van der Waals surface area contributed by atoms with Gasteiger partial charge in [-0.3, -0.25) is 4.72 Å². The highest BCUT2D eigenvalue weighted by Gasteiger charge is 2.20. The van der Waals surface area contributed by atoms with Crippen molar-refractivity contribution in [1.82, 2.24) is 0 Å². The molecule has 0 atom stereocenters. The summed E-state index contributed by atoms with van der Waals surface area (Å²) in [6.07, 6.45) is 5.85. The Bertz CT molecular complexity index is 904. The van der Waals surface area contributed by atoms with Gasteiger partial charge in [0.1, 0.15) is 5.82 Å². The first-order chi connectivity index (χ1) is 12.4. The van der Waals surface area contributed by atoms with E-state index in [0.29, 0.717) is 5.92 Å². The molecule has 0 unspecified atom stereocenters. The van der Waals surface area contributed by atoms with E-state index in [0.717, 1.165) is 36.6 Å². The van der Waals surface area contributed by atoms with Crippen LogP contribution in [0, 0.1) is 5.82 Å². The minimum Gasteiger partial charge on any atom is -0.478 e. The Kier molecular flexibility index (Phi) is 5.27. The largest absolute Gasteiger partial charge is 0.478 e. The number of carboxylic acid groups (broad SMARTS) is 1. The molecule has 1 fully saturated rings. The number of carbonyl (C=O) groups is 1. The number of hydrogen-bond donors (Lipinski definition) is 2. The summed E-state index contributed by atoms with van der Waals surface area (Å²) in [5.74, 6) is -1.69. The lowest BCUT2D eigenvalue weighted by atomic mass is 9.84. The smallest absolute Gasteiger partial charge is 0.337 e. The van der Waals surface area contributed by atoms with Crippen molar-refractivity contribution in [2.45, 2.75) is 42.9 Å². The molecule has 0 aromatic heterocycles. The first-order valence-electron chi connectivity index (χ1n) is 8.52. The monoisotopic (exact) mass is 377 g/mol. The summed E-state index contributed by atoms with van der Waals surface area (Å²) < 4.78 is 40.6. The van der Waals surface area contributed by atoms with E-state index in [9.17, 15) is 17.6 Å². The van der Waals surface area contributed by atoms with Crippen LogP contribution in [0.25, 0.3) is 0 Å². The van der Waals surface area contributed by atoms with Gasteiger partial charge in [0.25, 0.3) is 10.0 Å². The molecular formula is C19H20FNO4S. The third kappa shape index (κ3) is 4.04. The summed E-state index contributed by atoms with van der Waals surface area (Å²) in [7, 11) is -3.97. The highest BCUT2D eigenvalue weighted by Crippen LogP contribution is 2.33. The maximum atomic E-state index is 13.2. The summed E-state index contributed by atoms with van der Waals surface area (Å²) in [6.45, 7) is 0. The SMILES string of the molecule is O=C(O)c1cc(F)ccc1NS(=O)(=O)c1ccc(C2CCCCC2)cc1. The first-order valence-corrected chi connectivity index (χ1v) is 10.0. The molecule has 0 radical (unpaired) electrons. The molecule has 5 nitrogen and oxygen atoms in total. The topological polar surface area (TPSA) is 83.5 Å². The van der Waals surface area contributed by atoms with Gasteiger partial charge in [-0.05, 0) is 54.7 Å². The van der Waals surface area contributed by atoms with Crippen LogP contribution >= 0.6 is 0 Å². The molecule has 0 aliphatic heterocycles. The van der Waals surface area contributed by atoms with Crippen LogP contribution in [-0.4, -0.2) is 19.5 Å². The van der Waals surface area contributed by atoms with Crippen molar-refractivity contribution >= 4 is 21.7 Å². The molecule has 7 heteroatoms. The molecule has 3 rings (SSSR count). The highest BCUT2D eigenvalue weighted by atomic mass is 32.2. The molecule has 0 bridgehead atoms. The van der Waals surface area contributed by atoms with Crippen LogP contribution in [0.5, 0.6) is 0 Å². The Hall–Kier alpha value is -2.41. The maximum Gasteiger partial charge on any atom is 0.337 e. The maximum absolute atomic E-state index is 13.2. The second-order valence-electron chi connectivity index (χ2n) is 6.50. The molecule has 1 saturated carbocycles. The highest BCUT2D eigenvalue weighted by molar-refractivity contribution is 7.92. The molecule has 26 heavy (non-hydrogen) atoms. The van der Waals surface area contributed by atoms with Crippen LogP contribution in [0.2, 0.25) is 0 Å². The second-order valence-corrected chi connectivity index (χ2v) is 8.19. The van der Waals surface area contributed by atoms with Crippen molar-refractivity contribution in [3.05, 3.63) is 59.4 Å². The van der Waals surface area contributed by atoms with Crippen LogP contribution in [0.1, 0.15) is 53.9 Å². The van der Waals surface area contributed by atoms with Gasteiger partial charge in [-0.15, -0.1) is 0 Å². The number of rotatable bonds is 5. The fourth-order valence-electron chi connectivity index (χ4n) is 3.34. The number of anilines is 1. The van der Waals surface area contributed by atoms with Crippen LogP contribution in [0.15, 0.2) is 47.4 Å². The molecule has 2 aromatic carbocycles. The van der Waals surface area contributed by atoms with Gasteiger partial charge in [-0.2, -0.15) is 0 Å². The normalized spacial score (nSPS) is 15.6. The second kappa shape index (κ2) is 7.45. The molecule has 2 aromatic rings. The van der Waals surface area contributed by atoms with Gasteiger partial charge in [0.15, 0.2) is 0 Å². The van der Waals surface area contributed by atoms with Crippen molar-refractivity contribution < 1.29 is 22.7 Å². The van der Waals surface area contributed by atoms with Gasteiger partial charge < -0.3 is 5.11 Å². The van der Waals surface area contributed by atoms with Gasteiger partial charge in [0, 0.05) is 0 Å². The van der Waals surface area contributed by atoms with E-state index in [-0.39, 0.29) is 10.6 Å². The fraction of sp³-hybridized carbons (Fsp3) is 0.316. The molecule has 2 N–H and O–H groups in total. The zero-order valence-electron chi connectivity index (χ0n) is 14.1. The number of carboxylic acids is 1. The summed E-state index contributed by atoms with van der Waals surface area (Å²) in [5.41, 5.74) is 0.513. The standard InChI is InChI=1S/C19H20FNO4S/c20-15-8-11-18(17(12-15)19(22)23)21-26(24,25)16-9-6-14(7-10-16)13-4-2-1-3-5-13/h6-13,21H,1-5H2,(H,22,23). The Morgan fingerprint density at radius 2 is 1.69 bits per heavy atom. The molecule has 0 spiro atoms. The lowest BCUT2D eigenvalue weighted by molar-refractivity contribution is 0.0697. The van der Waals surface area contributed by atoms with E-state index < -0.39 is 27.4 Å². The quantitative estimate of drug-likeness (QED) is 0.810. The lowest BCUT2D eigenvalue weighted by Crippen LogP contribution is -2.16. The number of nitrogens with one attached hydrogen (secondary N) is 1. The molecule has 0 saturated heterocycles. The van der Waals surface area contributed by atoms with Crippen LogP contribution in [-0.2, 0) is 10.0 Å². The molecule has 0 amide bonds. The van der Waals surface area contributed by atoms with Gasteiger partial charge in [-0.1, -0.05) is 31.4 Å². The van der Waals surface area contributed by atoms with E-state index >= 15 is 0 Å². The lowest BCUT2D eigenvalue weighted by Gasteiger charge is -2.22. The third-order valence-corrected chi connectivity index (χ3v) is 6.10. The van der Waals surface area contributed by atoms with Crippen LogP contribution in [0.3, 0.4) is 0 Å². The minimum absolute atomic E-state index is 0.0396. The predicted octanol–water partition coefficient (Wildman–Crippen LogP) is 4.37. The summed E-state index contributed by atoms with van der Waals surface area (Å²) in [4.78, 5) is 11.3. The van der Waals surface area contributed by atoms with Gasteiger partial charge in [0.05, 0.1) is 16.1 Å². The van der Waals surface area contributed by atoms with Crippen LogP contribution < -0.4 is 4.72 Å². The van der Waals surface area contributed by atoms with Crippen molar-refractivity contribution in [2.24, 2.45) is 0 Å². The van der Waals surface area contributed by atoms with Crippen LogP contribution in [0.4, 0.5) is 10.1 Å². The molecule has 0 heterocycles. The number of hydrogen-bond acceptors (Lipinski definition) is 3. The van der Waals surface area contributed by atoms with Gasteiger partial charge in [-0.25, -0.2) is 17.6 Å². The van der Waals surface area contributed by atoms with E-state index in [1.165, 1.54) is 31.4 Å². The van der Waals surface area contributed by atoms with E-state index in [2.05, 4.69) is 4.72 Å². The molecule has 1 aliphatic rings. The Morgan fingerprint density at radius 3 is 2.31 bits per heavy atom. The number of benzene rings is 2. The first kappa shape index (κ1) is 18.4. The average molecular weight is 377 g/mol. The molecule has 138 valence electrons. The van der Waals surface area contributed by atoms with E-state index in [1.54, 1.807) is 0 Å². The minimum atomic E-state index is -3.97. The van der Waals surface area contributed by atoms with Gasteiger partial charge in [0.2, 0.25) is 0 Å². The van der Waals surface area contributed by atoms with E-state index in [1.807, 2.05) is 12.1 Å². The summed E-state index contributed by atoms with van der Waals surface area (Å²) in [5, 5.41) is 9.14. The van der Waals surface area contributed by atoms with Crippen molar-refractivity contribution in [2.75, 3.05) is 4.72 Å². The molecule has 1 aliphatic carbocycles. The zero-order valence-corrected chi connectivity index (χ0v) is 14.9. The number of sulfonamides is 1. The Balaban J connectivity index is 1.83. The summed E-state index contributed by atoms with van der Waals surface area (Å²) in [6, 6.07) is 9.57. The van der Waals surface area contributed by atoms with Gasteiger partial charge >= 0.3 is 5.97 Å². The van der Waals surface area contributed by atoms with E-state index in [4.69, 9.17) is 5.11 Å². The fourth-order valence-corrected chi connectivity index (χ4v) is 4.42.